The first-order chi connectivity index (χ1) is 12.6. The predicted octanol–water partition coefficient (Wildman–Crippen LogP) is 5.21. The van der Waals surface area contributed by atoms with Gasteiger partial charge >= 0.3 is 12.2 Å². The molecule has 0 aliphatic heterocycles. The summed E-state index contributed by atoms with van der Waals surface area (Å²) in [5.41, 5.74) is 2.57. The summed E-state index contributed by atoms with van der Waals surface area (Å²) in [7, 11) is 0. The SMILES string of the molecule is CCCCc1ccc(NC(=O)Nc2ccc(OC(=O)OCC)cc2)cc1. The minimum atomic E-state index is -0.756. The molecule has 0 saturated carbocycles. The van der Waals surface area contributed by atoms with Crippen molar-refractivity contribution in [3.8, 4) is 5.75 Å². The van der Waals surface area contributed by atoms with Crippen LogP contribution in [0, 0.1) is 0 Å². The van der Waals surface area contributed by atoms with E-state index in [1.165, 1.54) is 5.56 Å². The normalized spacial score (nSPS) is 10.1. The highest BCUT2D eigenvalue weighted by Gasteiger charge is 2.06. The van der Waals surface area contributed by atoms with Gasteiger partial charge in [-0.05, 0) is 61.7 Å². The van der Waals surface area contributed by atoms with Crippen molar-refractivity contribution >= 4 is 23.6 Å². The highest BCUT2D eigenvalue weighted by Crippen LogP contribution is 2.17. The lowest BCUT2D eigenvalue weighted by Gasteiger charge is -2.09. The first kappa shape index (κ1) is 19.3. The van der Waals surface area contributed by atoms with Crippen LogP contribution in [0.2, 0.25) is 0 Å². The number of carbonyl (C=O) groups is 2. The molecule has 0 heterocycles. The molecule has 0 fully saturated rings. The zero-order chi connectivity index (χ0) is 18.8. The molecule has 2 amide bonds. The molecule has 0 bridgehead atoms. The second kappa shape index (κ2) is 10.1. The first-order valence-electron chi connectivity index (χ1n) is 8.72. The van der Waals surface area contributed by atoms with Crippen LogP contribution in [-0.2, 0) is 11.2 Å². The van der Waals surface area contributed by atoms with Crippen molar-refractivity contribution in [3.05, 3.63) is 54.1 Å². The Hall–Kier alpha value is -3.02. The van der Waals surface area contributed by atoms with Crippen LogP contribution < -0.4 is 15.4 Å². The quantitative estimate of drug-likeness (QED) is 0.527. The van der Waals surface area contributed by atoms with E-state index >= 15 is 0 Å². The van der Waals surface area contributed by atoms with Crippen LogP contribution in [0.15, 0.2) is 48.5 Å². The number of unbranched alkanes of at least 4 members (excludes halogenated alkanes) is 1. The molecule has 2 aromatic rings. The highest BCUT2D eigenvalue weighted by atomic mass is 16.7. The Kier molecular flexibility index (Phi) is 7.49. The summed E-state index contributed by atoms with van der Waals surface area (Å²) in [5.74, 6) is 0.345. The number of anilines is 2. The molecular formula is C20H24N2O4. The minimum absolute atomic E-state index is 0.248. The number of urea groups is 1. The molecule has 0 aliphatic carbocycles. The summed E-state index contributed by atoms with van der Waals surface area (Å²) in [4.78, 5) is 23.3. The predicted molar refractivity (Wildman–Crippen MR) is 102 cm³/mol. The maximum atomic E-state index is 12.1. The Balaban J connectivity index is 1.84. The van der Waals surface area contributed by atoms with Gasteiger partial charge in [0.15, 0.2) is 0 Å². The van der Waals surface area contributed by atoms with Crippen molar-refractivity contribution in [2.24, 2.45) is 0 Å². The maximum absolute atomic E-state index is 12.1. The number of benzene rings is 2. The lowest BCUT2D eigenvalue weighted by molar-refractivity contribution is 0.104. The standard InChI is InChI=1S/C20H24N2O4/c1-3-5-6-15-7-9-16(10-8-15)21-19(23)22-17-11-13-18(14-12-17)26-20(24)25-4-2/h7-14H,3-6H2,1-2H3,(H2,21,22,23). The summed E-state index contributed by atoms with van der Waals surface area (Å²) in [5, 5.41) is 5.51. The number of hydrogen-bond donors (Lipinski definition) is 2. The smallest absolute Gasteiger partial charge is 0.434 e. The van der Waals surface area contributed by atoms with Gasteiger partial charge in [-0.3, -0.25) is 0 Å². The number of ether oxygens (including phenoxy) is 2. The molecule has 2 rings (SSSR count). The monoisotopic (exact) mass is 356 g/mol. The molecular weight excluding hydrogens is 332 g/mol. The van der Waals surface area contributed by atoms with Crippen LogP contribution in [0.1, 0.15) is 32.3 Å². The topological polar surface area (TPSA) is 76.7 Å². The molecule has 0 saturated heterocycles. The van der Waals surface area contributed by atoms with Crippen molar-refractivity contribution in [2.45, 2.75) is 33.1 Å². The van der Waals surface area contributed by atoms with Gasteiger partial charge in [-0.1, -0.05) is 25.5 Å². The highest BCUT2D eigenvalue weighted by molar-refractivity contribution is 5.99. The molecule has 2 aromatic carbocycles. The van der Waals surface area contributed by atoms with Crippen LogP contribution in [0.5, 0.6) is 5.75 Å². The fourth-order valence-corrected chi connectivity index (χ4v) is 2.28. The van der Waals surface area contributed by atoms with Crippen LogP contribution >= 0.6 is 0 Å². The van der Waals surface area contributed by atoms with Gasteiger partial charge < -0.3 is 20.1 Å². The van der Waals surface area contributed by atoms with Gasteiger partial charge in [0.25, 0.3) is 0 Å². The van der Waals surface area contributed by atoms with Gasteiger partial charge in [0.2, 0.25) is 0 Å². The van der Waals surface area contributed by atoms with Crippen LogP contribution in [0.4, 0.5) is 21.0 Å². The zero-order valence-electron chi connectivity index (χ0n) is 15.1. The van der Waals surface area contributed by atoms with Gasteiger partial charge in [-0.2, -0.15) is 0 Å². The third kappa shape index (κ3) is 6.47. The number of rotatable bonds is 7. The van der Waals surface area contributed by atoms with Crippen LogP contribution in [0.25, 0.3) is 0 Å². The van der Waals surface area contributed by atoms with Crippen molar-refractivity contribution in [1.82, 2.24) is 0 Å². The molecule has 6 nitrogen and oxygen atoms in total. The molecule has 26 heavy (non-hydrogen) atoms. The largest absolute Gasteiger partial charge is 0.513 e. The molecule has 0 unspecified atom stereocenters. The Morgan fingerprint density at radius 3 is 2.00 bits per heavy atom. The van der Waals surface area contributed by atoms with E-state index in [0.29, 0.717) is 11.4 Å². The van der Waals surface area contributed by atoms with Crippen molar-refractivity contribution in [3.63, 3.8) is 0 Å². The molecule has 0 spiro atoms. The first-order valence-corrected chi connectivity index (χ1v) is 8.72. The van der Waals surface area contributed by atoms with E-state index in [1.54, 1.807) is 31.2 Å². The van der Waals surface area contributed by atoms with E-state index in [-0.39, 0.29) is 12.6 Å². The van der Waals surface area contributed by atoms with Gasteiger partial charge in [-0.25, -0.2) is 9.59 Å². The van der Waals surface area contributed by atoms with Crippen molar-refractivity contribution in [2.75, 3.05) is 17.2 Å². The van der Waals surface area contributed by atoms with Gasteiger partial charge in [0.1, 0.15) is 5.75 Å². The Bertz CT molecular complexity index is 712. The summed E-state index contributed by atoms with van der Waals surface area (Å²) in [6.07, 6.45) is 2.60. The second-order valence-corrected chi connectivity index (χ2v) is 5.69. The van der Waals surface area contributed by atoms with E-state index in [4.69, 9.17) is 9.47 Å². The van der Waals surface area contributed by atoms with Crippen molar-refractivity contribution < 1.29 is 19.1 Å². The van der Waals surface area contributed by atoms with E-state index in [2.05, 4.69) is 17.6 Å². The number of hydrogen-bond acceptors (Lipinski definition) is 4. The molecule has 0 atom stereocenters. The lowest BCUT2D eigenvalue weighted by Crippen LogP contribution is -2.19. The van der Waals surface area contributed by atoms with Crippen LogP contribution in [-0.4, -0.2) is 18.8 Å². The Morgan fingerprint density at radius 1 is 0.885 bits per heavy atom. The van der Waals surface area contributed by atoms with Gasteiger partial charge in [-0.15, -0.1) is 0 Å². The molecule has 2 N–H and O–H groups in total. The minimum Gasteiger partial charge on any atom is -0.434 e. The third-order valence-electron chi connectivity index (χ3n) is 3.61. The van der Waals surface area contributed by atoms with Crippen LogP contribution in [0.3, 0.4) is 0 Å². The number of carbonyl (C=O) groups excluding carboxylic acids is 2. The molecule has 0 aromatic heterocycles. The van der Waals surface area contributed by atoms with E-state index < -0.39 is 6.16 Å². The summed E-state index contributed by atoms with van der Waals surface area (Å²) >= 11 is 0. The third-order valence-corrected chi connectivity index (χ3v) is 3.61. The average Bonchev–Trinajstić information content (AvgIpc) is 2.63. The number of nitrogens with one attached hydrogen (secondary N) is 2. The Morgan fingerprint density at radius 2 is 1.46 bits per heavy atom. The average molecular weight is 356 g/mol. The zero-order valence-corrected chi connectivity index (χ0v) is 15.1. The summed E-state index contributed by atoms with van der Waals surface area (Å²) in [6.45, 7) is 4.11. The van der Waals surface area contributed by atoms with Crippen molar-refractivity contribution in [1.29, 1.82) is 0 Å². The lowest BCUT2D eigenvalue weighted by atomic mass is 10.1. The second-order valence-electron chi connectivity index (χ2n) is 5.69. The molecule has 0 aliphatic rings. The Labute approximate surface area is 153 Å². The van der Waals surface area contributed by atoms with Gasteiger partial charge in [0.05, 0.1) is 6.61 Å². The maximum Gasteiger partial charge on any atom is 0.513 e. The van der Waals surface area contributed by atoms with Gasteiger partial charge in [0, 0.05) is 11.4 Å². The molecule has 0 radical (unpaired) electrons. The number of amides is 2. The fourth-order valence-electron chi connectivity index (χ4n) is 2.28. The van der Waals surface area contributed by atoms with E-state index in [0.717, 1.165) is 24.9 Å². The number of aryl methyl sites for hydroxylation is 1. The summed E-state index contributed by atoms with van der Waals surface area (Å²) in [6, 6.07) is 13.9. The summed E-state index contributed by atoms with van der Waals surface area (Å²) < 4.78 is 9.66. The molecule has 138 valence electrons. The van der Waals surface area contributed by atoms with E-state index in [1.807, 2.05) is 24.3 Å². The fraction of sp³-hybridized carbons (Fsp3) is 0.300. The molecule has 6 heteroatoms. The van der Waals surface area contributed by atoms with E-state index in [9.17, 15) is 9.59 Å².